The zero-order valence-corrected chi connectivity index (χ0v) is 23.7. The summed E-state index contributed by atoms with van der Waals surface area (Å²) in [6.45, 7) is 4.59. The van der Waals surface area contributed by atoms with Crippen molar-refractivity contribution in [3.63, 3.8) is 0 Å². The maximum atomic E-state index is 2.30. The molecule has 0 aliphatic heterocycles. The van der Waals surface area contributed by atoms with E-state index in [2.05, 4.69) is 35.4 Å². The topological polar surface area (TPSA) is 0 Å². The van der Waals surface area contributed by atoms with Gasteiger partial charge in [0.2, 0.25) is 0 Å². The van der Waals surface area contributed by atoms with Crippen LogP contribution >= 0.6 is 51.1 Å². The van der Waals surface area contributed by atoms with E-state index in [1.807, 2.05) is 29.5 Å². The standard InChI is InChI=1S/C24H50S5/c1-3-5-7-9-11-13-15-17-19-21-23-25-27-29-28-26-24-22-20-18-16-14-12-10-8-6-4-2/h3-24H2,1-2H3. The van der Waals surface area contributed by atoms with Crippen LogP contribution in [0.3, 0.4) is 0 Å². The summed E-state index contributed by atoms with van der Waals surface area (Å²) < 4.78 is 0. The number of hydrogen-bond donors (Lipinski definition) is 0. The zero-order valence-electron chi connectivity index (χ0n) is 19.6. The van der Waals surface area contributed by atoms with Crippen molar-refractivity contribution in [2.75, 3.05) is 11.5 Å². The van der Waals surface area contributed by atoms with E-state index < -0.39 is 0 Å². The van der Waals surface area contributed by atoms with Gasteiger partial charge in [0.05, 0.1) is 0 Å². The molecule has 0 saturated carbocycles. The van der Waals surface area contributed by atoms with Crippen LogP contribution < -0.4 is 0 Å². The summed E-state index contributed by atoms with van der Waals surface area (Å²) in [6, 6.07) is 0. The molecule has 0 nitrogen and oxygen atoms in total. The Labute approximate surface area is 203 Å². The van der Waals surface area contributed by atoms with E-state index in [1.54, 1.807) is 0 Å². The molecule has 0 unspecified atom stereocenters. The first kappa shape index (κ1) is 30.8. The molecule has 0 heterocycles. The lowest BCUT2D eigenvalue weighted by atomic mass is 10.1. The summed E-state index contributed by atoms with van der Waals surface area (Å²) in [7, 11) is 10.1. The second kappa shape index (κ2) is 29.8. The maximum absolute atomic E-state index is 2.30. The van der Waals surface area contributed by atoms with Crippen molar-refractivity contribution < 1.29 is 0 Å². The van der Waals surface area contributed by atoms with Gasteiger partial charge in [0.1, 0.15) is 0 Å². The largest absolute Gasteiger partial charge is 0.0817 e. The summed E-state index contributed by atoms with van der Waals surface area (Å²) in [4.78, 5) is 0. The first-order valence-corrected chi connectivity index (χ1v) is 19.1. The van der Waals surface area contributed by atoms with Gasteiger partial charge >= 0.3 is 0 Å². The van der Waals surface area contributed by atoms with Crippen LogP contribution in [-0.4, -0.2) is 11.5 Å². The fraction of sp³-hybridized carbons (Fsp3) is 1.00. The van der Waals surface area contributed by atoms with Gasteiger partial charge in [-0.15, -0.1) is 0 Å². The second-order valence-corrected chi connectivity index (χ2v) is 16.2. The Morgan fingerprint density at radius 1 is 0.310 bits per heavy atom. The van der Waals surface area contributed by atoms with Gasteiger partial charge in [-0.25, -0.2) is 0 Å². The summed E-state index contributed by atoms with van der Waals surface area (Å²) in [5, 5.41) is 0. The predicted molar refractivity (Wildman–Crippen MR) is 151 cm³/mol. The highest BCUT2D eigenvalue weighted by molar-refractivity contribution is 9.35. The molecule has 0 aliphatic carbocycles. The average Bonchev–Trinajstić information content (AvgIpc) is 2.74. The molecule has 0 atom stereocenters. The minimum atomic E-state index is 1.33. The Morgan fingerprint density at radius 2 is 0.586 bits per heavy atom. The molecule has 0 spiro atoms. The molecule has 5 heteroatoms. The molecule has 0 amide bonds. The third-order valence-electron chi connectivity index (χ3n) is 5.31. The van der Waals surface area contributed by atoms with Crippen LogP contribution in [0.15, 0.2) is 0 Å². The molecule has 0 bridgehead atoms. The van der Waals surface area contributed by atoms with Gasteiger partial charge < -0.3 is 0 Å². The fourth-order valence-corrected chi connectivity index (χ4v) is 12.4. The number of unbranched alkanes of at least 4 members (excludes halogenated alkanes) is 18. The van der Waals surface area contributed by atoms with E-state index in [0.717, 1.165) is 0 Å². The van der Waals surface area contributed by atoms with Crippen molar-refractivity contribution in [3.05, 3.63) is 0 Å². The van der Waals surface area contributed by atoms with Gasteiger partial charge in [-0.05, 0) is 42.3 Å². The van der Waals surface area contributed by atoms with E-state index in [-0.39, 0.29) is 0 Å². The molecule has 0 rings (SSSR count). The van der Waals surface area contributed by atoms with Gasteiger partial charge in [0.15, 0.2) is 0 Å². The quantitative estimate of drug-likeness (QED) is 0.0856. The Balaban J connectivity index is 2.97. The fourth-order valence-electron chi connectivity index (χ4n) is 3.42. The first-order valence-electron chi connectivity index (χ1n) is 12.7. The van der Waals surface area contributed by atoms with Crippen LogP contribution in [0, 0.1) is 0 Å². The third-order valence-corrected chi connectivity index (χ3v) is 14.2. The van der Waals surface area contributed by atoms with Crippen molar-refractivity contribution in [2.24, 2.45) is 0 Å². The highest BCUT2D eigenvalue weighted by Crippen LogP contribution is 2.48. The van der Waals surface area contributed by atoms with Crippen molar-refractivity contribution in [3.8, 4) is 0 Å². The average molecular weight is 499 g/mol. The third kappa shape index (κ3) is 29.8. The Morgan fingerprint density at radius 3 is 0.897 bits per heavy atom. The summed E-state index contributed by atoms with van der Waals surface area (Å²) in [5.41, 5.74) is 0. The zero-order chi connectivity index (χ0) is 21.1. The normalized spacial score (nSPS) is 11.4. The van der Waals surface area contributed by atoms with Gasteiger partial charge in [-0.1, -0.05) is 151 Å². The number of rotatable bonds is 26. The number of hydrogen-bond acceptors (Lipinski definition) is 5. The minimum absolute atomic E-state index is 1.33. The van der Waals surface area contributed by atoms with E-state index in [9.17, 15) is 0 Å². The summed E-state index contributed by atoms with van der Waals surface area (Å²) >= 11 is 0. The second-order valence-electron chi connectivity index (χ2n) is 8.21. The summed E-state index contributed by atoms with van der Waals surface area (Å²) in [5.74, 6) is 2.66. The van der Waals surface area contributed by atoms with Gasteiger partial charge in [0, 0.05) is 11.5 Å². The molecular weight excluding hydrogens is 449 g/mol. The molecule has 0 radical (unpaired) electrons. The maximum Gasteiger partial charge on any atom is 0.00454 e. The van der Waals surface area contributed by atoms with Crippen molar-refractivity contribution in [2.45, 2.75) is 142 Å². The van der Waals surface area contributed by atoms with Crippen LogP contribution in [0.2, 0.25) is 0 Å². The van der Waals surface area contributed by atoms with Gasteiger partial charge in [-0.2, -0.15) is 0 Å². The Kier molecular flexibility index (Phi) is 31.5. The summed E-state index contributed by atoms with van der Waals surface area (Å²) in [6.07, 6.45) is 28.8. The van der Waals surface area contributed by atoms with Crippen LogP contribution in [0.4, 0.5) is 0 Å². The minimum Gasteiger partial charge on any atom is -0.0817 e. The van der Waals surface area contributed by atoms with Crippen LogP contribution in [0.25, 0.3) is 0 Å². The van der Waals surface area contributed by atoms with Crippen molar-refractivity contribution in [1.82, 2.24) is 0 Å². The molecule has 0 fully saturated rings. The van der Waals surface area contributed by atoms with E-state index >= 15 is 0 Å². The predicted octanol–water partition coefficient (Wildman–Crippen LogP) is 12.2. The van der Waals surface area contributed by atoms with Crippen LogP contribution in [-0.2, 0) is 0 Å². The van der Waals surface area contributed by atoms with E-state index in [1.165, 1.54) is 140 Å². The highest BCUT2D eigenvalue weighted by Gasteiger charge is 1.97. The molecule has 0 aromatic carbocycles. The molecule has 29 heavy (non-hydrogen) atoms. The van der Waals surface area contributed by atoms with Gasteiger partial charge in [-0.3, -0.25) is 0 Å². The smallest absolute Gasteiger partial charge is 0.00454 e. The lowest BCUT2D eigenvalue weighted by Gasteiger charge is -2.03. The van der Waals surface area contributed by atoms with E-state index in [4.69, 9.17) is 0 Å². The molecule has 0 aromatic rings. The molecular formula is C24H50S5. The molecule has 0 aromatic heterocycles. The SMILES string of the molecule is CCCCCCCCCCCCSSSSSCCCCCCCCCCCC. The lowest BCUT2D eigenvalue weighted by molar-refractivity contribution is 0.563. The Hall–Kier alpha value is 1.75. The Bertz CT molecular complexity index is 250. The van der Waals surface area contributed by atoms with Crippen molar-refractivity contribution in [1.29, 1.82) is 0 Å². The van der Waals surface area contributed by atoms with Crippen molar-refractivity contribution >= 4 is 51.1 Å². The molecule has 0 N–H and O–H groups in total. The molecule has 176 valence electrons. The van der Waals surface area contributed by atoms with Gasteiger partial charge in [0.25, 0.3) is 0 Å². The molecule has 0 saturated heterocycles. The van der Waals surface area contributed by atoms with E-state index in [0.29, 0.717) is 0 Å². The van der Waals surface area contributed by atoms with Crippen LogP contribution in [0.5, 0.6) is 0 Å². The molecule has 0 aliphatic rings. The highest BCUT2D eigenvalue weighted by atomic mass is 33.8. The van der Waals surface area contributed by atoms with Crippen LogP contribution in [0.1, 0.15) is 142 Å². The lowest BCUT2D eigenvalue weighted by Crippen LogP contribution is -1.82. The monoisotopic (exact) mass is 498 g/mol. The first-order chi connectivity index (χ1) is 14.4.